The fraction of sp³-hybridized carbons (Fsp3) is 0.733. The fourth-order valence-electron chi connectivity index (χ4n) is 2.32. The zero-order valence-corrected chi connectivity index (χ0v) is 11.8. The summed E-state index contributed by atoms with van der Waals surface area (Å²) >= 11 is 0. The van der Waals surface area contributed by atoms with Crippen LogP contribution >= 0.6 is 0 Å². The van der Waals surface area contributed by atoms with Crippen molar-refractivity contribution in [2.75, 3.05) is 6.54 Å². The van der Waals surface area contributed by atoms with E-state index in [9.17, 15) is 0 Å². The predicted octanol–water partition coefficient (Wildman–Crippen LogP) is 3.50. The van der Waals surface area contributed by atoms with Crippen LogP contribution in [0.4, 0.5) is 0 Å². The van der Waals surface area contributed by atoms with Gasteiger partial charge in [-0.25, -0.2) is 0 Å². The topological polar surface area (TPSA) is 34.4 Å². The van der Waals surface area contributed by atoms with E-state index < -0.39 is 0 Å². The van der Waals surface area contributed by atoms with E-state index in [1.165, 1.54) is 19.3 Å². The molecule has 1 fully saturated rings. The van der Waals surface area contributed by atoms with Crippen LogP contribution in [0.3, 0.4) is 0 Å². The first-order valence-electron chi connectivity index (χ1n) is 6.91. The minimum absolute atomic E-state index is 0.0883. The predicted molar refractivity (Wildman–Crippen MR) is 72.5 cm³/mol. The molecule has 2 rings (SSSR count). The van der Waals surface area contributed by atoms with Crippen molar-refractivity contribution in [3.63, 3.8) is 0 Å². The maximum absolute atomic E-state index is 6.09. The number of hydrogen-bond donors (Lipinski definition) is 1. The van der Waals surface area contributed by atoms with Gasteiger partial charge < -0.3 is 14.5 Å². The molecule has 102 valence electrons. The SMILES string of the molecule is CC(C)(C)NCCC1(OCc2ccco2)CCC1. The molecule has 3 nitrogen and oxygen atoms in total. The summed E-state index contributed by atoms with van der Waals surface area (Å²) in [6.07, 6.45) is 6.44. The molecule has 1 saturated carbocycles. The molecule has 0 spiro atoms. The van der Waals surface area contributed by atoms with Crippen LogP contribution in [0, 0.1) is 0 Å². The van der Waals surface area contributed by atoms with Crippen molar-refractivity contribution in [3.8, 4) is 0 Å². The smallest absolute Gasteiger partial charge is 0.129 e. The molecule has 0 unspecified atom stereocenters. The van der Waals surface area contributed by atoms with Crippen LogP contribution in [0.5, 0.6) is 0 Å². The Morgan fingerprint density at radius 2 is 2.17 bits per heavy atom. The summed E-state index contributed by atoms with van der Waals surface area (Å²) in [4.78, 5) is 0. The van der Waals surface area contributed by atoms with Gasteiger partial charge in [-0.3, -0.25) is 0 Å². The number of ether oxygens (including phenoxy) is 1. The first kappa shape index (κ1) is 13.6. The standard InChI is InChI=1S/C15H25NO2/c1-14(2,3)16-10-9-15(7-5-8-15)18-12-13-6-4-11-17-13/h4,6,11,16H,5,7-10,12H2,1-3H3. The lowest BCUT2D eigenvalue weighted by Crippen LogP contribution is -2.45. The lowest BCUT2D eigenvalue weighted by Gasteiger charge is -2.42. The van der Waals surface area contributed by atoms with E-state index in [4.69, 9.17) is 9.15 Å². The zero-order valence-electron chi connectivity index (χ0n) is 11.8. The molecule has 0 atom stereocenters. The van der Waals surface area contributed by atoms with Crippen LogP contribution in [0.15, 0.2) is 22.8 Å². The van der Waals surface area contributed by atoms with Gasteiger partial charge in [0.1, 0.15) is 12.4 Å². The van der Waals surface area contributed by atoms with Gasteiger partial charge in [0.05, 0.1) is 11.9 Å². The molecule has 0 aromatic carbocycles. The van der Waals surface area contributed by atoms with Gasteiger partial charge in [-0.2, -0.15) is 0 Å². The molecule has 1 N–H and O–H groups in total. The summed E-state index contributed by atoms with van der Waals surface area (Å²) in [7, 11) is 0. The highest BCUT2D eigenvalue weighted by Crippen LogP contribution is 2.39. The van der Waals surface area contributed by atoms with Gasteiger partial charge in [0.2, 0.25) is 0 Å². The lowest BCUT2D eigenvalue weighted by atomic mass is 9.77. The van der Waals surface area contributed by atoms with E-state index in [2.05, 4.69) is 26.1 Å². The molecule has 0 amide bonds. The average Bonchev–Trinajstić information content (AvgIpc) is 2.71. The molecule has 0 saturated heterocycles. The van der Waals surface area contributed by atoms with E-state index in [1.54, 1.807) is 6.26 Å². The largest absolute Gasteiger partial charge is 0.467 e. The number of nitrogens with one attached hydrogen (secondary N) is 1. The molecule has 18 heavy (non-hydrogen) atoms. The Hall–Kier alpha value is -0.800. The van der Waals surface area contributed by atoms with Crippen LogP contribution < -0.4 is 5.32 Å². The average molecular weight is 251 g/mol. The van der Waals surface area contributed by atoms with E-state index in [0.29, 0.717) is 6.61 Å². The highest BCUT2D eigenvalue weighted by molar-refractivity contribution is 4.98. The summed E-state index contributed by atoms with van der Waals surface area (Å²) in [5, 5.41) is 3.54. The van der Waals surface area contributed by atoms with E-state index >= 15 is 0 Å². The normalized spacial score (nSPS) is 18.6. The molecule has 1 aromatic rings. The third kappa shape index (κ3) is 3.85. The Kier molecular flexibility index (Phi) is 4.13. The third-order valence-corrected chi connectivity index (χ3v) is 3.60. The Bertz CT molecular complexity index is 347. The van der Waals surface area contributed by atoms with Crippen LogP contribution in [-0.4, -0.2) is 17.7 Å². The molecule has 0 radical (unpaired) electrons. The van der Waals surface area contributed by atoms with E-state index in [1.807, 2.05) is 12.1 Å². The highest BCUT2D eigenvalue weighted by atomic mass is 16.5. The van der Waals surface area contributed by atoms with Crippen molar-refractivity contribution in [1.29, 1.82) is 0 Å². The molecule has 1 aliphatic carbocycles. The summed E-state index contributed by atoms with van der Waals surface area (Å²) in [6, 6.07) is 3.88. The van der Waals surface area contributed by atoms with Gasteiger partial charge in [0, 0.05) is 5.54 Å². The molecule has 1 aliphatic rings. The van der Waals surface area contributed by atoms with Crippen molar-refractivity contribution >= 4 is 0 Å². The van der Waals surface area contributed by atoms with Crippen molar-refractivity contribution in [3.05, 3.63) is 24.2 Å². The number of furan rings is 1. The fourth-order valence-corrected chi connectivity index (χ4v) is 2.32. The lowest BCUT2D eigenvalue weighted by molar-refractivity contribution is -0.118. The van der Waals surface area contributed by atoms with Crippen LogP contribution in [0.2, 0.25) is 0 Å². The number of rotatable bonds is 6. The second-order valence-corrected chi connectivity index (χ2v) is 6.33. The molecular formula is C15H25NO2. The third-order valence-electron chi connectivity index (χ3n) is 3.60. The Labute approximate surface area is 110 Å². The maximum Gasteiger partial charge on any atom is 0.129 e. The molecular weight excluding hydrogens is 226 g/mol. The Morgan fingerprint density at radius 1 is 1.39 bits per heavy atom. The highest BCUT2D eigenvalue weighted by Gasteiger charge is 2.37. The molecule has 3 heteroatoms. The number of hydrogen-bond acceptors (Lipinski definition) is 3. The first-order valence-corrected chi connectivity index (χ1v) is 6.91. The van der Waals surface area contributed by atoms with Gasteiger partial charge in [0.15, 0.2) is 0 Å². The monoisotopic (exact) mass is 251 g/mol. The van der Waals surface area contributed by atoms with Crippen LogP contribution in [-0.2, 0) is 11.3 Å². The van der Waals surface area contributed by atoms with Crippen molar-refractivity contribution in [1.82, 2.24) is 5.32 Å². The first-order chi connectivity index (χ1) is 8.49. The second kappa shape index (κ2) is 5.45. The minimum atomic E-state index is 0.0883. The van der Waals surface area contributed by atoms with E-state index in [-0.39, 0.29) is 11.1 Å². The van der Waals surface area contributed by atoms with Crippen LogP contribution in [0.1, 0.15) is 52.2 Å². The van der Waals surface area contributed by atoms with Gasteiger partial charge in [-0.05, 0) is 65.1 Å². The summed E-state index contributed by atoms with van der Waals surface area (Å²) < 4.78 is 11.4. The zero-order chi connectivity index (χ0) is 13.1. The van der Waals surface area contributed by atoms with Crippen molar-refractivity contribution in [2.45, 2.75) is 64.2 Å². The second-order valence-electron chi connectivity index (χ2n) is 6.33. The Morgan fingerprint density at radius 3 is 2.67 bits per heavy atom. The maximum atomic E-state index is 6.09. The molecule has 0 bridgehead atoms. The van der Waals surface area contributed by atoms with Crippen molar-refractivity contribution in [2.24, 2.45) is 0 Å². The summed E-state index contributed by atoms with van der Waals surface area (Å²) in [6.45, 7) is 8.21. The Balaban J connectivity index is 1.76. The van der Waals surface area contributed by atoms with E-state index in [0.717, 1.165) is 18.7 Å². The van der Waals surface area contributed by atoms with Gasteiger partial charge in [-0.15, -0.1) is 0 Å². The van der Waals surface area contributed by atoms with Crippen molar-refractivity contribution < 1.29 is 9.15 Å². The molecule has 1 heterocycles. The summed E-state index contributed by atoms with van der Waals surface area (Å²) in [5.41, 5.74) is 0.275. The molecule has 1 aromatic heterocycles. The van der Waals surface area contributed by atoms with Gasteiger partial charge in [-0.1, -0.05) is 0 Å². The van der Waals surface area contributed by atoms with Crippen LogP contribution in [0.25, 0.3) is 0 Å². The van der Waals surface area contributed by atoms with Gasteiger partial charge in [0.25, 0.3) is 0 Å². The minimum Gasteiger partial charge on any atom is -0.467 e. The summed E-state index contributed by atoms with van der Waals surface area (Å²) in [5.74, 6) is 0.921. The molecule has 0 aliphatic heterocycles. The van der Waals surface area contributed by atoms with Gasteiger partial charge >= 0.3 is 0 Å². The quantitative estimate of drug-likeness (QED) is 0.840.